The molecule has 0 aliphatic carbocycles. The van der Waals surface area contributed by atoms with E-state index >= 15 is 0 Å². The van der Waals surface area contributed by atoms with Crippen molar-refractivity contribution in [3.05, 3.63) is 54.6 Å². The van der Waals surface area contributed by atoms with Gasteiger partial charge in [-0.05, 0) is 24.3 Å². The molecular weight excluding hydrogens is 300 g/mol. The molecule has 21 heavy (non-hydrogen) atoms. The minimum absolute atomic E-state index is 0.575. The number of ether oxygens (including phenoxy) is 1. The summed E-state index contributed by atoms with van der Waals surface area (Å²) < 4.78 is 6.37. The first-order chi connectivity index (χ1) is 10.3. The summed E-state index contributed by atoms with van der Waals surface area (Å²) in [6, 6.07) is 18.1. The van der Waals surface area contributed by atoms with Gasteiger partial charge in [-0.15, -0.1) is 0 Å². The summed E-state index contributed by atoms with van der Waals surface area (Å²) in [4.78, 5) is 5.64. The molecule has 1 aromatic heterocycles. The van der Waals surface area contributed by atoms with Crippen LogP contribution in [0.15, 0.2) is 63.7 Å². The summed E-state index contributed by atoms with van der Waals surface area (Å²) in [6.07, 6.45) is 0. The lowest BCUT2D eigenvalue weighted by molar-refractivity contribution is 0.415. The molecule has 2 aromatic carbocycles. The average molecular weight is 314 g/mol. The van der Waals surface area contributed by atoms with Crippen molar-refractivity contribution in [2.24, 2.45) is 0 Å². The number of hydrogen-bond donors (Lipinski definition) is 1. The number of thiazole rings is 1. The van der Waals surface area contributed by atoms with Gasteiger partial charge in [0.1, 0.15) is 5.75 Å². The highest BCUT2D eigenvalue weighted by atomic mass is 32.2. The molecule has 0 unspecified atom stereocenters. The summed E-state index contributed by atoms with van der Waals surface area (Å²) in [7, 11) is 1.66. The molecule has 2 N–H and O–H groups in total. The zero-order valence-corrected chi connectivity index (χ0v) is 13.1. The van der Waals surface area contributed by atoms with Crippen LogP contribution in [0.3, 0.4) is 0 Å². The van der Waals surface area contributed by atoms with Gasteiger partial charge in [0.2, 0.25) is 0 Å². The Morgan fingerprint density at radius 2 is 1.90 bits per heavy atom. The predicted octanol–water partition coefficient (Wildman–Crippen LogP) is 4.55. The Bertz CT molecular complexity index is 741. The molecule has 3 aromatic rings. The lowest BCUT2D eigenvalue weighted by atomic mass is 10.2. The van der Waals surface area contributed by atoms with E-state index in [9.17, 15) is 0 Å². The first-order valence-corrected chi connectivity index (χ1v) is 8.03. The second kappa shape index (κ2) is 6.20. The third-order valence-electron chi connectivity index (χ3n) is 2.91. The second-order valence-electron chi connectivity index (χ2n) is 4.34. The van der Waals surface area contributed by atoms with E-state index in [1.54, 1.807) is 18.9 Å². The Labute approximate surface area is 131 Å². The lowest BCUT2D eigenvalue weighted by Gasteiger charge is -2.04. The van der Waals surface area contributed by atoms with Crippen molar-refractivity contribution in [1.82, 2.24) is 4.98 Å². The zero-order valence-electron chi connectivity index (χ0n) is 11.4. The molecule has 0 amide bonds. The van der Waals surface area contributed by atoms with Crippen LogP contribution >= 0.6 is 23.1 Å². The van der Waals surface area contributed by atoms with E-state index in [0.717, 1.165) is 21.2 Å². The fourth-order valence-electron chi connectivity index (χ4n) is 1.94. The number of hydrogen-bond acceptors (Lipinski definition) is 5. The molecule has 0 aliphatic rings. The molecule has 0 spiro atoms. The van der Waals surface area contributed by atoms with E-state index in [-0.39, 0.29) is 0 Å². The number of rotatable bonds is 4. The Morgan fingerprint density at radius 3 is 2.67 bits per heavy atom. The molecule has 0 radical (unpaired) electrons. The van der Waals surface area contributed by atoms with Crippen molar-refractivity contribution < 1.29 is 4.74 Å². The molecule has 0 aliphatic heterocycles. The van der Waals surface area contributed by atoms with Gasteiger partial charge >= 0.3 is 0 Å². The maximum atomic E-state index is 5.90. The van der Waals surface area contributed by atoms with Gasteiger partial charge in [0.15, 0.2) is 5.13 Å². The molecule has 0 atom stereocenters. The Balaban J connectivity index is 1.99. The monoisotopic (exact) mass is 314 g/mol. The van der Waals surface area contributed by atoms with Gasteiger partial charge in [-0.25, -0.2) is 4.98 Å². The smallest absolute Gasteiger partial charge is 0.181 e. The van der Waals surface area contributed by atoms with Crippen LogP contribution in [0.1, 0.15) is 0 Å². The first kappa shape index (κ1) is 14.0. The third-order valence-corrected chi connectivity index (χ3v) is 4.98. The molecule has 3 rings (SSSR count). The van der Waals surface area contributed by atoms with Crippen LogP contribution in [0.2, 0.25) is 0 Å². The van der Waals surface area contributed by atoms with Gasteiger partial charge in [0.05, 0.1) is 17.0 Å². The number of nitrogens with zero attached hydrogens (tertiary/aromatic N) is 1. The van der Waals surface area contributed by atoms with Crippen LogP contribution in [0, 0.1) is 0 Å². The first-order valence-electron chi connectivity index (χ1n) is 6.40. The van der Waals surface area contributed by atoms with Crippen LogP contribution in [0.4, 0.5) is 5.13 Å². The van der Waals surface area contributed by atoms with Gasteiger partial charge in [-0.1, -0.05) is 53.4 Å². The van der Waals surface area contributed by atoms with E-state index in [1.165, 1.54) is 16.2 Å². The standard InChI is InChI=1S/C16H14N2OS2/c1-19-12-7-5-6-11(10-12)14-15(21-16(17)18-14)20-13-8-3-2-4-9-13/h2-10H,1H3,(H2,17,18). The Morgan fingerprint density at radius 1 is 1.10 bits per heavy atom. The summed E-state index contributed by atoms with van der Waals surface area (Å²) in [6.45, 7) is 0. The second-order valence-corrected chi connectivity index (χ2v) is 6.71. The molecule has 3 nitrogen and oxygen atoms in total. The molecule has 106 valence electrons. The summed E-state index contributed by atoms with van der Waals surface area (Å²) in [5.41, 5.74) is 7.83. The number of benzene rings is 2. The fourth-order valence-corrected chi connectivity index (χ4v) is 4.01. The minimum Gasteiger partial charge on any atom is -0.497 e. The molecule has 0 fully saturated rings. The van der Waals surface area contributed by atoms with E-state index in [4.69, 9.17) is 10.5 Å². The van der Waals surface area contributed by atoms with E-state index in [0.29, 0.717) is 5.13 Å². The van der Waals surface area contributed by atoms with Crippen molar-refractivity contribution in [3.8, 4) is 17.0 Å². The van der Waals surface area contributed by atoms with Crippen LogP contribution in [0.5, 0.6) is 5.75 Å². The largest absolute Gasteiger partial charge is 0.497 e. The Kier molecular flexibility index (Phi) is 4.13. The SMILES string of the molecule is COc1cccc(-c2nc(N)sc2Sc2ccccc2)c1. The normalized spacial score (nSPS) is 10.5. The van der Waals surface area contributed by atoms with Crippen molar-refractivity contribution in [2.45, 2.75) is 9.10 Å². The zero-order chi connectivity index (χ0) is 14.7. The van der Waals surface area contributed by atoms with Crippen LogP contribution < -0.4 is 10.5 Å². The van der Waals surface area contributed by atoms with Crippen molar-refractivity contribution in [2.75, 3.05) is 12.8 Å². The lowest BCUT2D eigenvalue weighted by Crippen LogP contribution is -1.86. The predicted molar refractivity (Wildman–Crippen MR) is 89.1 cm³/mol. The van der Waals surface area contributed by atoms with Crippen LogP contribution in [-0.2, 0) is 0 Å². The average Bonchev–Trinajstić information content (AvgIpc) is 2.89. The third kappa shape index (κ3) is 3.20. The summed E-state index contributed by atoms with van der Waals surface area (Å²) >= 11 is 3.18. The fraction of sp³-hybridized carbons (Fsp3) is 0.0625. The number of aromatic nitrogens is 1. The molecule has 0 saturated heterocycles. The van der Waals surface area contributed by atoms with E-state index < -0.39 is 0 Å². The van der Waals surface area contributed by atoms with Crippen molar-refractivity contribution in [1.29, 1.82) is 0 Å². The molecule has 0 saturated carbocycles. The summed E-state index contributed by atoms with van der Waals surface area (Å²) in [5.74, 6) is 0.815. The molecule has 5 heteroatoms. The van der Waals surface area contributed by atoms with E-state index in [1.807, 2.05) is 42.5 Å². The topological polar surface area (TPSA) is 48.1 Å². The highest BCUT2D eigenvalue weighted by Crippen LogP contribution is 2.41. The van der Waals surface area contributed by atoms with Crippen molar-refractivity contribution in [3.63, 3.8) is 0 Å². The minimum atomic E-state index is 0.575. The molecular formula is C16H14N2OS2. The van der Waals surface area contributed by atoms with Gasteiger partial charge in [-0.2, -0.15) is 0 Å². The highest BCUT2D eigenvalue weighted by Gasteiger charge is 2.13. The number of nitrogen functional groups attached to an aromatic ring is 1. The number of nitrogens with two attached hydrogens (primary N) is 1. The molecule has 0 bridgehead atoms. The maximum Gasteiger partial charge on any atom is 0.181 e. The van der Waals surface area contributed by atoms with Gasteiger partial charge in [-0.3, -0.25) is 0 Å². The Hall–Kier alpha value is -1.98. The maximum absolute atomic E-state index is 5.90. The van der Waals surface area contributed by atoms with E-state index in [2.05, 4.69) is 17.1 Å². The molecule has 1 heterocycles. The van der Waals surface area contributed by atoms with Gasteiger partial charge in [0, 0.05) is 10.5 Å². The quantitative estimate of drug-likeness (QED) is 0.767. The van der Waals surface area contributed by atoms with Crippen LogP contribution in [-0.4, -0.2) is 12.1 Å². The summed E-state index contributed by atoms with van der Waals surface area (Å²) in [5, 5.41) is 0.575. The van der Waals surface area contributed by atoms with Crippen LogP contribution in [0.25, 0.3) is 11.3 Å². The van der Waals surface area contributed by atoms with Crippen molar-refractivity contribution >= 4 is 28.2 Å². The number of methoxy groups -OCH3 is 1. The number of anilines is 1. The van der Waals surface area contributed by atoms with Gasteiger partial charge in [0.25, 0.3) is 0 Å². The van der Waals surface area contributed by atoms with Gasteiger partial charge < -0.3 is 10.5 Å². The highest BCUT2D eigenvalue weighted by molar-refractivity contribution is 8.01.